The molecular formula is C16H20F2N2O3. The molecule has 5 nitrogen and oxygen atoms in total. The molecule has 3 rings (SSSR count). The van der Waals surface area contributed by atoms with E-state index in [0.29, 0.717) is 18.0 Å². The highest BCUT2D eigenvalue weighted by atomic mass is 19.3. The lowest BCUT2D eigenvalue weighted by molar-refractivity contribution is -0.286. The summed E-state index contributed by atoms with van der Waals surface area (Å²) in [6.07, 6.45) is -0.988. The molecule has 126 valence electrons. The van der Waals surface area contributed by atoms with Gasteiger partial charge in [-0.15, -0.1) is 8.78 Å². The SMILES string of the molecule is CC(CC(=O)Nc1ccc2c(c1)OC(F)(F)O2)C1CCCNC1. The van der Waals surface area contributed by atoms with Gasteiger partial charge in [0, 0.05) is 18.2 Å². The summed E-state index contributed by atoms with van der Waals surface area (Å²) in [7, 11) is 0. The number of carbonyl (C=O) groups excluding carboxylic acids is 1. The highest BCUT2D eigenvalue weighted by Gasteiger charge is 2.43. The minimum absolute atomic E-state index is 0.0327. The predicted molar refractivity (Wildman–Crippen MR) is 80.6 cm³/mol. The molecule has 0 aliphatic carbocycles. The molecule has 1 amide bonds. The topological polar surface area (TPSA) is 59.6 Å². The number of hydrogen-bond donors (Lipinski definition) is 2. The molecule has 0 radical (unpaired) electrons. The van der Waals surface area contributed by atoms with Crippen molar-refractivity contribution in [2.24, 2.45) is 11.8 Å². The highest BCUT2D eigenvalue weighted by molar-refractivity contribution is 5.91. The van der Waals surface area contributed by atoms with Gasteiger partial charge in [0.1, 0.15) is 0 Å². The van der Waals surface area contributed by atoms with Gasteiger partial charge in [-0.25, -0.2) is 0 Å². The number of ether oxygens (including phenoxy) is 2. The summed E-state index contributed by atoms with van der Waals surface area (Å²) in [5.41, 5.74) is 0.420. The summed E-state index contributed by atoms with van der Waals surface area (Å²) < 4.78 is 34.6. The number of amides is 1. The summed E-state index contributed by atoms with van der Waals surface area (Å²) in [5, 5.41) is 6.07. The van der Waals surface area contributed by atoms with Gasteiger partial charge >= 0.3 is 6.29 Å². The quantitative estimate of drug-likeness (QED) is 0.893. The van der Waals surface area contributed by atoms with E-state index >= 15 is 0 Å². The number of piperidine rings is 1. The normalized spacial score (nSPS) is 23.3. The molecule has 1 aromatic rings. The second-order valence-corrected chi connectivity index (χ2v) is 6.17. The second-order valence-electron chi connectivity index (χ2n) is 6.17. The number of hydrogen-bond acceptors (Lipinski definition) is 4. The number of benzene rings is 1. The van der Waals surface area contributed by atoms with Crippen LogP contribution < -0.4 is 20.1 Å². The van der Waals surface area contributed by atoms with Crippen LogP contribution in [0.25, 0.3) is 0 Å². The fourth-order valence-electron chi connectivity index (χ4n) is 3.06. The van der Waals surface area contributed by atoms with Crippen molar-refractivity contribution in [3.63, 3.8) is 0 Å². The van der Waals surface area contributed by atoms with Crippen LogP contribution in [0.1, 0.15) is 26.2 Å². The van der Waals surface area contributed by atoms with Crippen LogP contribution in [-0.4, -0.2) is 25.3 Å². The van der Waals surface area contributed by atoms with Gasteiger partial charge in [-0.3, -0.25) is 4.79 Å². The monoisotopic (exact) mass is 326 g/mol. The molecule has 1 saturated heterocycles. The maximum atomic E-state index is 13.0. The average Bonchev–Trinajstić information content (AvgIpc) is 2.81. The van der Waals surface area contributed by atoms with Crippen LogP contribution in [0, 0.1) is 11.8 Å². The van der Waals surface area contributed by atoms with Gasteiger partial charge in [-0.2, -0.15) is 0 Å². The van der Waals surface area contributed by atoms with Gasteiger partial charge in [-0.05, 0) is 49.9 Å². The first-order chi connectivity index (χ1) is 10.9. The summed E-state index contributed by atoms with van der Waals surface area (Å²) in [6, 6.07) is 4.23. The number of alkyl halides is 2. The minimum atomic E-state index is -3.65. The lowest BCUT2D eigenvalue weighted by Crippen LogP contribution is -2.34. The van der Waals surface area contributed by atoms with E-state index in [1.54, 1.807) is 0 Å². The number of fused-ring (bicyclic) bond motifs is 1. The Morgan fingerprint density at radius 1 is 1.43 bits per heavy atom. The molecule has 1 fully saturated rings. The maximum Gasteiger partial charge on any atom is 0.586 e. The van der Waals surface area contributed by atoms with Crippen molar-refractivity contribution in [3.8, 4) is 11.5 Å². The molecule has 0 spiro atoms. The standard InChI is InChI=1S/C16H20F2N2O3/c1-10(11-3-2-6-19-9-11)7-15(21)20-12-4-5-13-14(8-12)23-16(17,18)22-13/h4-5,8,10-11,19H,2-3,6-7,9H2,1H3,(H,20,21). The summed E-state index contributed by atoms with van der Waals surface area (Å²) in [5.74, 6) is 0.520. The first kappa shape index (κ1) is 16.0. The number of nitrogens with one attached hydrogen (secondary N) is 2. The Balaban J connectivity index is 1.56. The lowest BCUT2D eigenvalue weighted by Gasteiger charge is -2.28. The Morgan fingerprint density at radius 2 is 2.22 bits per heavy atom. The third-order valence-corrected chi connectivity index (χ3v) is 4.33. The number of carbonyl (C=O) groups is 1. The largest absolute Gasteiger partial charge is 0.586 e. The molecule has 23 heavy (non-hydrogen) atoms. The van der Waals surface area contributed by atoms with Crippen molar-refractivity contribution in [2.45, 2.75) is 32.5 Å². The average molecular weight is 326 g/mol. The fourth-order valence-corrected chi connectivity index (χ4v) is 3.06. The van der Waals surface area contributed by atoms with E-state index in [2.05, 4.69) is 27.0 Å². The molecule has 2 heterocycles. The van der Waals surface area contributed by atoms with Crippen molar-refractivity contribution in [1.82, 2.24) is 5.32 Å². The van der Waals surface area contributed by atoms with E-state index in [1.807, 2.05) is 0 Å². The smallest absolute Gasteiger partial charge is 0.395 e. The van der Waals surface area contributed by atoms with Crippen LogP contribution in [-0.2, 0) is 4.79 Å². The van der Waals surface area contributed by atoms with Crippen molar-refractivity contribution < 1.29 is 23.0 Å². The van der Waals surface area contributed by atoms with Crippen LogP contribution in [0.3, 0.4) is 0 Å². The molecular weight excluding hydrogens is 306 g/mol. The van der Waals surface area contributed by atoms with Gasteiger partial charge in [-0.1, -0.05) is 6.92 Å². The zero-order valence-corrected chi connectivity index (χ0v) is 12.9. The van der Waals surface area contributed by atoms with Crippen molar-refractivity contribution in [1.29, 1.82) is 0 Å². The van der Waals surface area contributed by atoms with Crippen LogP contribution >= 0.6 is 0 Å². The van der Waals surface area contributed by atoms with E-state index in [4.69, 9.17) is 0 Å². The van der Waals surface area contributed by atoms with Crippen molar-refractivity contribution in [2.75, 3.05) is 18.4 Å². The molecule has 0 aromatic heterocycles. The molecule has 7 heteroatoms. The fraction of sp³-hybridized carbons (Fsp3) is 0.562. The maximum absolute atomic E-state index is 13.0. The zero-order chi connectivity index (χ0) is 16.4. The molecule has 2 aliphatic heterocycles. The summed E-state index contributed by atoms with van der Waals surface area (Å²) in [4.78, 5) is 12.1. The second kappa shape index (κ2) is 6.31. The van der Waals surface area contributed by atoms with Gasteiger partial charge < -0.3 is 20.1 Å². The van der Waals surface area contributed by atoms with Crippen LogP contribution in [0.2, 0.25) is 0 Å². The third kappa shape index (κ3) is 3.90. The Labute approximate surface area is 133 Å². The molecule has 2 N–H and O–H groups in total. The van der Waals surface area contributed by atoms with Crippen LogP contribution in [0.15, 0.2) is 18.2 Å². The molecule has 0 saturated carbocycles. The lowest BCUT2D eigenvalue weighted by atomic mass is 9.85. The van der Waals surface area contributed by atoms with Crippen LogP contribution in [0.4, 0.5) is 14.5 Å². The molecule has 2 aliphatic rings. The Morgan fingerprint density at radius 3 is 2.96 bits per heavy atom. The predicted octanol–water partition coefficient (Wildman–Crippen LogP) is 2.97. The summed E-state index contributed by atoms with van der Waals surface area (Å²) >= 11 is 0. The summed E-state index contributed by atoms with van der Waals surface area (Å²) in [6.45, 7) is 4.04. The van der Waals surface area contributed by atoms with E-state index in [9.17, 15) is 13.6 Å². The van der Waals surface area contributed by atoms with E-state index in [0.717, 1.165) is 25.9 Å². The van der Waals surface area contributed by atoms with E-state index in [1.165, 1.54) is 18.2 Å². The Kier molecular flexibility index (Phi) is 4.39. The molecule has 2 unspecified atom stereocenters. The minimum Gasteiger partial charge on any atom is -0.395 e. The van der Waals surface area contributed by atoms with Gasteiger partial charge in [0.15, 0.2) is 11.5 Å². The van der Waals surface area contributed by atoms with E-state index < -0.39 is 6.29 Å². The number of halogens is 2. The van der Waals surface area contributed by atoms with Gasteiger partial charge in [0.05, 0.1) is 0 Å². The van der Waals surface area contributed by atoms with Gasteiger partial charge in [0.2, 0.25) is 5.91 Å². The zero-order valence-electron chi connectivity index (χ0n) is 12.9. The van der Waals surface area contributed by atoms with Crippen molar-refractivity contribution >= 4 is 11.6 Å². The Bertz CT molecular complexity index is 589. The molecule has 2 atom stereocenters. The first-order valence-electron chi connectivity index (χ1n) is 7.83. The number of rotatable bonds is 4. The van der Waals surface area contributed by atoms with Crippen molar-refractivity contribution in [3.05, 3.63) is 18.2 Å². The van der Waals surface area contributed by atoms with Gasteiger partial charge in [0.25, 0.3) is 0 Å². The molecule has 1 aromatic carbocycles. The highest BCUT2D eigenvalue weighted by Crippen LogP contribution is 2.42. The van der Waals surface area contributed by atoms with E-state index in [-0.39, 0.29) is 23.3 Å². The first-order valence-corrected chi connectivity index (χ1v) is 7.83. The third-order valence-electron chi connectivity index (χ3n) is 4.33. The molecule has 0 bridgehead atoms. The Hall–Kier alpha value is -1.89. The van der Waals surface area contributed by atoms with Crippen LogP contribution in [0.5, 0.6) is 11.5 Å². The number of anilines is 1.